The number of anilines is 1. The van der Waals surface area contributed by atoms with E-state index in [1.807, 2.05) is 24.3 Å². The van der Waals surface area contributed by atoms with Gasteiger partial charge in [-0.2, -0.15) is 0 Å². The van der Waals surface area contributed by atoms with E-state index in [0.29, 0.717) is 31.7 Å². The maximum Gasteiger partial charge on any atom is 0.263 e. The van der Waals surface area contributed by atoms with Gasteiger partial charge in [-0.15, -0.1) is 0 Å². The van der Waals surface area contributed by atoms with Gasteiger partial charge in [0.05, 0.1) is 5.02 Å². The Labute approximate surface area is 168 Å². The smallest absolute Gasteiger partial charge is 0.263 e. The van der Waals surface area contributed by atoms with Crippen LogP contribution >= 0.6 is 11.6 Å². The molecule has 1 atom stereocenters. The molecular weight excluding hydrogens is 383 g/mol. The molecule has 28 heavy (non-hydrogen) atoms. The summed E-state index contributed by atoms with van der Waals surface area (Å²) in [5.41, 5.74) is 1.71. The number of hydrogen-bond donors (Lipinski definition) is 0. The van der Waals surface area contributed by atoms with E-state index >= 15 is 0 Å². The Morgan fingerprint density at radius 1 is 1.07 bits per heavy atom. The standard InChI is InChI=1S/C21H22ClFN2O3/c1-14(26)16-3-6-18(7-4-16)24-9-11-25(12-10-24)21(27)15(2)28-20-8-5-17(23)13-19(20)22/h3-8,13,15H,9-12H2,1-2H3/t15-/m1/s1. The van der Waals surface area contributed by atoms with E-state index in [-0.39, 0.29) is 22.5 Å². The van der Waals surface area contributed by atoms with Crippen LogP contribution in [0.4, 0.5) is 10.1 Å². The van der Waals surface area contributed by atoms with Gasteiger partial charge < -0.3 is 14.5 Å². The fourth-order valence-electron chi connectivity index (χ4n) is 3.16. The van der Waals surface area contributed by atoms with Crippen LogP contribution in [0.2, 0.25) is 5.02 Å². The third-order valence-electron chi connectivity index (χ3n) is 4.78. The van der Waals surface area contributed by atoms with Gasteiger partial charge >= 0.3 is 0 Å². The van der Waals surface area contributed by atoms with E-state index in [4.69, 9.17) is 16.3 Å². The summed E-state index contributed by atoms with van der Waals surface area (Å²) in [4.78, 5) is 28.0. The van der Waals surface area contributed by atoms with E-state index in [2.05, 4.69) is 4.90 Å². The minimum Gasteiger partial charge on any atom is -0.479 e. The molecule has 1 saturated heterocycles. The van der Waals surface area contributed by atoms with E-state index in [0.717, 1.165) is 11.8 Å². The van der Waals surface area contributed by atoms with Crippen LogP contribution < -0.4 is 9.64 Å². The van der Waals surface area contributed by atoms with Crippen molar-refractivity contribution in [2.24, 2.45) is 0 Å². The lowest BCUT2D eigenvalue weighted by Crippen LogP contribution is -2.52. The Morgan fingerprint density at radius 3 is 2.29 bits per heavy atom. The minimum absolute atomic E-state index is 0.0391. The van der Waals surface area contributed by atoms with Crippen LogP contribution in [0.15, 0.2) is 42.5 Å². The highest BCUT2D eigenvalue weighted by Crippen LogP contribution is 2.26. The van der Waals surface area contributed by atoms with E-state index < -0.39 is 11.9 Å². The SMILES string of the molecule is CC(=O)c1ccc(N2CCN(C(=O)[C@@H](C)Oc3ccc(F)cc3Cl)CC2)cc1. The molecule has 3 rings (SSSR count). The monoisotopic (exact) mass is 404 g/mol. The molecular formula is C21H22ClFN2O3. The van der Waals surface area contributed by atoms with Crippen molar-refractivity contribution in [3.8, 4) is 5.75 Å². The third kappa shape index (κ3) is 4.62. The van der Waals surface area contributed by atoms with Crippen LogP contribution in [0, 0.1) is 5.82 Å². The quantitative estimate of drug-likeness (QED) is 0.711. The fraction of sp³-hybridized carbons (Fsp3) is 0.333. The van der Waals surface area contributed by atoms with Crippen LogP contribution in [-0.2, 0) is 4.79 Å². The van der Waals surface area contributed by atoms with Crippen molar-refractivity contribution in [2.75, 3.05) is 31.1 Å². The molecule has 148 valence electrons. The molecule has 7 heteroatoms. The maximum atomic E-state index is 13.1. The number of rotatable bonds is 5. The Morgan fingerprint density at radius 2 is 1.71 bits per heavy atom. The number of halogens is 2. The summed E-state index contributed by atoms with van der Waals surface area (Å²) in [5.74, 6) is -0.263. The molecule has 1 fully saturated rings. The molecule has 0 aromatic heterocycles. The average Bonchev–Trinajstić information content (AvgIpc) is 2.69. The van der Waals surface area contributed by atoms with Crippen molar-refractivity contribution in [3.63, 3.8) is 0 Å². The highest BCUT2D eigenvalue weighted by atomic mass is 35.5. The van der Waals surface area contributed by atoms with Crippen LogP contribution in [0.5, 0.6) is 5.75 Å². The Balaban J connectivity index is 1.56. The van der Waals surface area contributed by atoms with E-state index in [1.165, 1.54) is 12.1 Å². The van der Waals surface area contributed by atoms with Gasteiger partial charge in [0.25, 0.3) is 5.91 Å². The predicted octanol–water partition coefficient (Wildman–Crippen LogP) is 3.80. The molecule has 0 N–H and O–H groups in total. The topological polar surface area (TPSA) is 49.9 Å². The third-order valence-corrected chi connectivity index (χ3v) is 5.07. The summed E-state index contributed by atoms with van der Waals surface area (Å²) in [6.45, 7) is 5.72. The average molecular weight is 405 g/mol. The van der Waals surface area contributed by atoms with E-state index in [9.17, 15) is 14.0 Å². The number of Topliss-reactive ketones (excluding diaryl/α,β-unsaturated/α-hetero) is 1. The molecule has 1 amide bonds. The molecule has 0 unspecified atom stereocenters. The second-order valence-electron chi connectivity index (χ2n) is 6.75. The summed E-state index contributed by atoms with van der Waals surface area (Å²) in [5, 5.41) is 0.137. The van der Waals surface area contributed by atoms with Crippen molar-refractivity contribution in [2.45, 2.75) is 20.0 Å². The number of ether oxygens (including phenoxy) is 1. The number of carbonyl (C=O) groups is 2. The summed E-state index contributed by atoms with van der Waals surface area (Å²) in [6, 6.07) is 11.3. The lowest BCUT2D eigenvalue weighted by Gasteiger charge is -2.37. The molecule has 1 aliphatic heterocycles. The van der Waals surface area contributed by atoms with Crippen LogP contribution in [0.3, 0.4) is 0 Å². The first-order valence-electron chi connectivity index (χ1n) is 9.11. The molecule has 0 saturated carbocycles. The van der Waals surface area contributed by atoms with Crippen molar-refractivity contribution in [1.82, 2.24) is 4.90 Å². The van der Waals surface area contributed by atoms with Gasteiger partial charge in [0.2, 0.25) is 0 Å². The number of ketones is 1. The van der Waals surface area contributed by atoms with Crippen LogP contribution in [0.1, 0.15) is 24.2 Å². The maximum absolute atomic E-state index is 13.1. The van der Waals surface area contributed by atoms with Gasteiger partial charge in [0, 0.05) is 37.4 Å². The minimum atomic E-state index is -0.718. The first-order chi connectivity index (χ1) is 13.3. The van der Waals surface area contributed by atoms with Crippen molar-refractivity contribution in [3.05, 3.63) is 58.9 Å². The van der Waals surface area contributed by atoms with Crippen LogP contribution in [0.25, 0.3) is 0 Å². The molecule has 0 radical (unpaired) electrons. The van der Waals surface area contributed by atoms with Gasteiger partial charge in [0.1, 0.15) is 11.6 Å². The second-order valence-corrected chi connectivity index (χ2v) is 7.16. The summed E-state index contributed by atoms with van der Waals surface area (Å²) in [7, 11) is 0. The Kier molecular flexibility index (Phi) is 6.19. The highest BCUT2D eigenvalue weighted by Gasteiger charge is 2.26. The van der Waals surface area contributed by atoms with Crippen molar-refractivity contribution >= 4 is 29.0 Å². The number of nitrogens with zero attached hydrogens (tertiary/aromatic N) is 2. The number of piperazine rings is 1. The zero-order valence-electron chi connectivity index (χ0n) is 15.8. The van der Waals surface area contributed by atoms with Crippen LogP contribution in [-0.4, -0.2) is 48.9 Å². The molecule has 1 aliphatic rings. The van der Waals surface area contributed by atoms with Gasteiger partial charge in [-0.25, -0.2) is 4.39 Å². The molecule has 1 heterocycles. The molecule has 0 bridgehead atoms. The first-order valence-corrected chi connectivity index (χ1v) is 9.49. The lowest BCUT2D eigenvalue weighted by molar-refractivity contribution is -0.138. The Bertz CT molecular complexity index is 864. The molecule has 5 nitrogen and oxygen atoms in total. The molecule has 0 aliphatic carbocycles. The fourth-order valence-corrected chi connectivity index (χ4v) is 3.37. The van der Waals surface area contributed by atoms with E-state index in [1.54, 1.807) is 18.7 Å². The molecule has 0 spiro atoms. The van der Waals surface area contributed by atoms with Crippen molar-refractivity contribution in [1.29, 1.82) is 0 Å². The number of benzene rings is 2. The van der Waals surface area contributed by atoms with Crippen molar-refractivity contribution < 1.29 is 18.7 Å². The summed E-state index contributed by atoms with van der Waals surface area (Å²) >= 11 is 5.96. The zero-order valence-corrected chi connectivity index (χ0v) is 16.6. The molecule has 2 aromatic rings. The van der Waals surface area contributed by atoms with Gasteiger partial charge in [-0.05, 0) is 56.3 Å². The van der Waals surface area contributed by atoms with Gasteiger partial charge in [0.15, 0.2) is 11.9 Å². The Hall–Kier alpha value is -2.60. The number of amides is 1. The summed E-state index contributed by atoms with van der Waals surface area (Å²) < 4.78 is 18.8. The zero-order chi connectivity index (χ0) is 20.3. The number of hydrogen-bond acceptors (Lipinski definition) is 4. The largest absolute Gasteiger partial charge is 0.479 e. The predicted molar refractivity (Wildman–Crippen MR) is 107 cm³/mol. The van der Waals surface area contributed by atoms with Gasteiger partial charge in [-0.3, -0.25) is 9.59 Å². The first kappa shape index (κ1) is 20.1. The highest BCUT2D eigenvalue weighted by molar-refractivity contribution is 6.32. The second kappa shape index (κ2) is 8.61. The number of carbonyl (C=O) groups excluding carboxylic acids is 2. The lowest BCUT2D eigenvalue weighted by atomic mass is 10.1. The normalized spacial score (nSPS) is 15.3. The summed E-state index contributed by atoms with van der Waals surface area (Å²) in [6.07, 6.45) is -0.718. The molecule has 2 aromatic carbocycles. The van der Waals surface area contributed by atoms with Gasteiger partial charge in [-0.1, -0.05) is 11.6 Å².